The number of methoxy groups -OCH3 is 3. The third-order valence-corrected chi connectivity index (χ3v) is 9.87. The summed E-state index contributed by atoms with van der Waals surface area (Å²) in [5.41, 5.74) is 1.52. The minimum absolute atomic E-state index is 0.0326. The number of hydrogen-bond donors (Lipinski definition) is 1. The number of hydrogen-bond acceptors (Lipinski definition) is 7. The first-order valence-corrected chi connectivity index (χ1v) is 17.2. The second kappa shape index (κ2) is 16.8. The Balaban J connectivity index is 1.84. The molecular weight excluding hydrogens is 649 g/mol. The maximum Gasteiger partial charge on any atom is 0.264 e. The van der Waals surface area contributed by atoms with E-state index in [2.05, 4.69) is 5.32 Å². The van der Waals surface area contributed by atoms with Crippen LogP contribution in [-0.2, 0) is 32.6 Å². The monoisotopic (exact) mass is 691 g/mol. The number of benzene rings is 4. The van der Waals surface area contributed by atoms with Crippen LogP contribution in [0.5, 0.6) is 17.2 Å². The Hall–Kier alpha value is -5.10. The molecule has 4 aromatic carbocycles. The number of anilines is 1. The summed E-state index contributed by atoms with van der Waals surface area (Å²) >= 11 is 0. The molecule has 0 saturated heterocycles. The van der Waals surface area contributed by atoms with Crippen LogP contribution in [0.3, 0.4) is 0 Å². The van der Waals surface area contributed by atoms with E-state index < -0.39 is 34.3 Å². The Kier molecular flexibility index (Phi) is 12.6. The Labute approximate surface area is 287 Å². The number of sulfonamides is 1. The first kappa shape index (κ1) is 36.7. The molecule has 12 heteroatoms. The topological polar surface area (TPSA) is 114 Å². The molecule has 10 nitrogen and oxygen atoms in total. The fourth-order valence-electron chi connectivity index (χ4n) is 5.20. The number of carbonyl (C=O) groups excluding carboxylic acids is 2. The number of ether oxygens (including phenoxy) is 3. The van der Waals surface area contributed by atoms with Gasteiger partial charge in [-0.05, 0) is 73.0 Å². The molecule has 2 atom stereocenters. The quantitative estimate of drug-likeness (QED) is 0.163. The van der Waals surface area contributed by atoms with Crippen molar-refractivity contribution in [1.82, 2.24) is 10.2 Å². The lowest BCUT2D eigenvalue weighted by Crippen LogP contribution is -2.54. The van der Waals surface area contributed by atoms with Crippen LogP contribution in [-0.4, -0.2) is 65.1 Å². The van der Waals surface area contributed by atoms with E-state index in [4.69, 9.17) is 14.2 Å². The summed E-state index contributed by atoms with van der Waals surface area (Å²) in [6.45, 7) is 3.08. The van der Waals surface area contributed by atoms with Gasteiger partial charge in [-0.25, -0.2) is 12.8 Å². The molecule has 0 bridgehead atoms. The van der Waals surface area contributed by atoms with E-state index >= 15 is 0 Å². The third kappa shape index (κ3) is 9.29. The van der Waals surface area contributed by atoms with Crippen molar-refractivity contribution in [1.29, 1.82) is 0 Å². The smallest absolute Gasteiger partial charge is 0.264 e. The lowest BCUT2D eigenvalue weighted by atomic mass is 10.0. The van der Waals surface area contributed by atoms with E-state index in [0.29, 0.717) is 23.5 Å². The normalized spacial score (nSPS) is 12.4. The fourth-order valence-corrected chi connectivity index (χ4v) is 6.63. The van der Waals surface area contributed by atoms with Crippen molar-refractivity contribution in [2.45, 2.75) is 50.2 Å². The molecule has 0 aliphatic rings. The Bertz CT molecular complexity index is 1820. The van der Waals surface area contributed by atoms with Crippen LogP contribution < -0.4 is 23.8 Å². The summed E-state index contributed by atoms with van der Waals surface area (Å²) in [6, 6.07) is 24.0. The van der Waals surface area contributed by atoms with Gasteiger partial charge in [0.25, 0.3) is 10.0 Å². The number of amides is 2. The zero-order valence-electron chi connectivity index (χ0n) is 28.3. The van der Waals surface area contributed by atoms with E-state index in [1.807, 2.05) is 44.2 Å². The van der Waals surface area contributed by atoms with E-state index in [0.717, 1.165) is 22.0 Å². The molecule has 0 aliphatic carbocycles. The summed E-state index contributed by atoms with van der Waals surface area (Å²) in [7, 11) is -0.125. The molecule has 1 N–H and O–H groups in total. The molecule has 0 fully saturated rings. The van der Waals surface area contributed by atoms with Crippen molar-refractivity contribution in [3.63, 3.8) is 0 Å². The minimum Gasteiger partial charge on any atom is -0.497 e. The molecule has 0 aliphatic heterocycles. The second-order valence-corrected chi connectivity index (χ2v) is 13.3. The van der Waals surface area contributed by atoms with Gasteiger partial charge in [0.1, 0.15) is 24.2 Å². The molecule has 260 valence electrons. The van der Waals surface area contributed by atoms with E-state index in [-0.39, 0.29) is 41.2 Å². The second-order valence-electron chi connectivity index (χ2n) is 11.4. The van der Waals surface area contributed by atoms with Gasteiger partial charge in [0.05, 0.1) is 31.9 Å². The molecule has 4 aromatic rings. The summed E-state index contributed by atoms with van der Waals surface area (Å²) in [5.74, 6) is -0.591. The van der Waals surface area contributed by atoms with Crippen molar-refractivity contribution in [3.8, 4) is 17.2 Å². The molecule has 0 heterocycles. The molecule has 49 heavy (non-hydrogen) atoms. The molecule has 0 saturated carbocycles. The average molecular weight is 692 g/mol. The van der Waals surface area contributed by atoms with Crippen LogP contribution in [0, 0.1) is 5.82 Å². The SMILES string of the molecule is CC[C@H](C)NC(=O)[C@@H](Cc1ccccc1)N(Cc1cccc(OC)c1)C(=O)CN(c1ccc(F)cc1)S(=O)(=O)c1ccc(OC)c(OC)c1. The van der Waals surface area contributed by atoms with Gasteiger partial charge in [0.2, 0.25) is 11.8 Å². The molecule has 0 aromatic heterocycles. The zero-order chi connectivity index (χ0) is 35.6. The van der Waals surface area contributed by atoms with Gasteiger partial charge in [0, 0.05) is 25.1 Å². The summed E-state index contributed by atoms with van der Waals surface area (Å²) < 4.78 is 59.7. The van der Waals surface area contributed by atoms with Gasteiger partial charge in [0.15, 0.2) is 11.5 Å². The highest BCUT2D eigenvalue weighted by Gasteiger charge is 2.35. The molecule has 4 rings (SSSR count). The Morgan fingerprint density at radius 3 is 2.12 bits per heavy atom. The van der Waals surface area contributed by atoms with Crippen molar-refractivity contribution in [3.05, 3.63) is 114 Å². The number of rotatable bonds is 16. The molecule has 0 spiro atoms. The minimum atomic E-state index is -4.46. The van der Waals surface area contributed by atoms with Gasteiger partial charge < -0.3 is 24.4 Å². The highest BCUT2D eigenvalue weighted by atomic mass is 32.2. The van der Waals surface area contributed by atoms with E-state index in [9.17, 15) is 22.4 Å². The first-order valence-electron chi connectivity index (χ1n) is 15.8. The maximum atomic E-state index is 14.6. The van der Waals surface area contributed by atoms with Gasteiger partial charge in [-0.15, -0.1) is 0 Å². The Morgan fingerprint density at radius 2 is 1.49 bits per heavy atom. The Morgan fingerprint density at radius 1 is 0.816 bits per heavy atom. The van der Waals surface area contributed by atoms with Crippen LogP contribution in [0.4, 0.5) is 10.1 Å². The zero-order valence-corrected chi connectivity index (χ0v) is 29.1. The van der Waals surface area contributed by atoms with Crippen molar-refractivity contribution in [2.75, 3.05) is 32.2 Å². The van der Waals surface area contributed by atoms with Gasteiger partial charge in [-0.2, -0.15) is 0 Å². The lowest BCUT2D eigenvalue weighted by molar-refractivity contribution is -0.140. The van der Waals surface area contributed by atoms with Crippen molar-refractivity contribution in [2.24, 2.45) is 0 Å². The first-order chi connectivity index (χ1) is 23.5. The standard InChI is InChI=1S/C37H42FN3O7S/c1-6-26(2)39-37(43)33(22-27-11-8-7-9-12-27)40(24-28-13-10-14-31(21-28)46-3)36(42)25-41(30-17-15-29(38)16-18-30)49(44,45)32-19-20-34(47-4)35(23-32)48-5/h7-21,23,26,33H,6,22,24-25H2,1-5H3,(H,39,43)/t26-,33+/m0/s1. The van der Waals surface area contributed by atoms with E-state index in [1.165, 1.54) is 56.6 Å². The highest BCUT2D eigenvalue weighted by Crippen LogP contribution is 2.32. The highest BCUT2D eigenvalue weighted by molar-refractivity contribution is 7.92. The van der Waals surface area contributed by atoms with Crippen molar-refractivity contribution < 1.29 is 36.6 Å². The predicted octanol–water partition coefficient (Wildman–Crippen LogP) is 5.60. The molecule has 0 radical (unpaired) electrons. The largest absolute Gasteiger partial charge is 0.497 e. The van der Waals surface area contributed by atoms with Crippen LogP contribution in [0.2, 0.25) is 0 Å². The molecule has 0 unspecified atom stereocenters. The lowest BCUT2D eigenvalue weighted by Gasteiger charge is -2.34. The number of halogens is 1. The van der Waals surface area contributed by atoms with Gasteiger partial charge in [-0.3, -0.25) is 13.9 Å². The summed E-state index contributed by atoms with van der Waals surface area (Å²) in [6.07, 6.45) is 0.827. The summed E-state index contributed by atoms with van der Waals surface area (Å²) in [5, 5.41) is 3.01. The van der Waals surface area contributed by atoms with Crippen LogP contribution in [0.1, 0.15) is 31.4 Å². The van der Waals surface area contributed by atoms with Crippen LogP contribution >= 0.6 is 0 Å². The van der Waals surface area contributed by atoms with Crippen LogP contribution in [0.15, 0.2) is 102 Å². The average Bonchev–Trinajstić information content (AvgIpc) is 3.12. The van der Waals surface area contributed by atoms with Gasteiger partial charge in [-0.1, -0.05) is 49.4 Å². The molecule has 2 amide bonds. The van der Waals surface area contributed by atoms with Gasteiger partial charge >= 0.3 is 0 Å². The molecular formula is C37H42FN3O7S. The van der Waals surface area contributed by atoms with Crippen LogP contribution in [0.25, 0.3) is 0 Å². The van der Waals surface area contributed by atoms with E-state index in [1.54, 1.807) is 24.3 Å². The predicted molar refractivity (Wildman–Crippen MR) is 186 cm³/mol. The number of carbonyl (C=O) groups is 2. The fraction of sp³-hybridized carbons (Fsp3) is 0.297. The number of nitrogens with zero attached hydrogens (tertiary/aromatic N) is 2. The number of nitrogens with one attached hydrogen (secondary N) is 1. The third-order valence-electron chi connectivity index (χ3n) is 8.10. The summed E-state index contributed by atoms with van der Waals surface area (Å²) in [4.78, 5) is 29.8. The van der Waals surface area contributed by atoms with Crippen molar-refractivity contribution >= 4 is 27.5 Å². The maximum absolute atomic E-state index is 14.6.